The predicted molar refractivity (Wildman–Crippen MR) is 83.1 cm³/mol. The maximum absolute atomic E-state index is 12.3. The van der Waals surface area contributed by atoms with Crippen LogP contribution in [0.5, 0.6) is 5.75 Å². The minimum atomic E-state index is -4.46. The van der Waals surface area contributed by atoms with E-state index in [0.29, 0.717) is 17.9 Å². The van der Waals surface area contributed by atoms with Crippen LogP contribution in [-0.4, -0.2) is 36.6 Å². The van der Waals surface area contributed by atoms with Crippen molar-refractivity contribution in [2.24, 2.45) is 5.92 Å². The van der Waals surface area contributed by atoms with E-state index in [1.807, 2.05) is 0 Å². The third-order valence-corrected chi connectivity index (χ3v) is 3.72. The summed E-state index contributed by atoms with van der Waals surface area (Å²) in [5, 5.41) is 14.3. The number of benzene rings is 1. The second kappa shape index (κ2) is 7.74. The van der Waals surface area contributed by atoms with Crippen LogP contribution in [0.15, 0.2) is 18.2 Å². The maximum Gasteiger partial charge on any atom is 0.422 e. The zero-order valence-electron chi connectivity index (χ0n) is 13.3. The minimum absolute atomic E-state index is 0.0346. The molecule has 0 aliphatic heterocycles. The SMILES string of the molecule is Cc1ccc(NC(=O)N[C@@H](CCO)C2CC2)c(OCC(F)(F)F)c1. The van der Waals surface area contributed by atoms with Gasteiger partial charge in [0.2, 0.25) is 0 Å². The number of alkyl halides is 3. The van der Waals surface area contributed by atoms with Gasteiger partial charge in [-0.15, -0.1) is 0 Å². The molecule has 1 aliphatic carbocycles. The van der Waals surface area contributed by atoms with Crippen LogP contribution in [0.2, 0.25) is 0 Å². The number of ether oxygens (including phenoxy) is 1. The number of halogens is 3. The molecular formula is C16H21F3N2O3. The smallest absolute Gasteiger partial charge is 0.422 e. The van der Waals surface area contributed by atoms with Crippen LogP contribution in [0.3, 0.4) is 0 Å². The number of aliphatic hydroxyl groups is 1. The topological polar surface area (TPSA) is 70.6 Å². The van der Waals surface area contributed by atoms with Crippen molar-refractivity contribution in [3.05, 3.63) is 23.8 Å². The number of carbonyl (C=O) groups excluding carboxylic acids is 1. The zero-order valence-corrected chi connectivity index (χ0v) is 13.3. The summed E-state index contributed by atoms with van der Waals surface area (Å²) < 4.78 is 41.8. The Morgan fingerprint density at radius 1 is 1.42 bits per heavy atom. The van der Waals surface area contributed by atoms with Gasteiger partial charge in [-0.2, -0.15) is 13.2 Å². The maximum atomic E-state index is 12.3. The van der Waals surface area contributed by atoms with Crippen LogP contribution in [0.1, 0.15) is 24.8 Å². The number of carbonyl (C=O) groups is 1. The molecule has 5 nitrogen and oxygen atoms in total. The highest BCUT2D eigenvalue weighted by molar-refractivity contribution is 5.91. The van der Waals surface area contributed by atoms with E-state index < -0.39 is 18.8 Å². The molecule has 3 N–H and O–H groups in total. The molecule has 0 heterocycles. The molecular weight excluding hydrogens is 325 g/mol. The van der Waals surface area contributed by atoms with Gasteiger partial charge in [-0.3, -0.25) is 0 Å². The highest BCUT2D eigenvalue weighted by Crippen LogP contribution is 2.34. The first-order chi connectivity index (χ1) is 11.3. The molecule has 134 valence electrons. The minimum Gasteiger partial charge on any atom is -0.482 e. The van der Waals surface area contributed by atoms with Gasteiger partial charge < -0.3 is 20.5 Å². The standard InChI is InChI=1S/C16H21F3N2O3/c1-10-2-5-13(14(8-10)24-9-16(17,18)19)21-15(23)20-12(6-7-22)11-3-4-11/h2,5,8,11-12,22H,3-4,6-7,9H2,1H3,(H2,20,21,23)/t12-/m0/s1. The molecule has 1 aliphatic rings. The van der Waals surface area contributed by atoms with Crippen LogP contribution in [0.25, 0.3) is 0 Å². The summed E-state index contributed by atoms with van der Waals surface area (Å²) in [6, 6.07) is 3.94. The number of nitrogens with one attached hydrogen (secondary N) is 2. The first-order valence-electron chi connectivity index (χ1n) is 7.77. The molecule has 2 amide bonds. The zero-order chi connectivity index (χ0) is 17.7. The fourth-order valence-electron chi connectivity index (χ4n) is 2.40. The molecule has 0 bridgehead atoms. The van der Waals surface area contributed by atoms with E-state index in [0.717, 1.165) is 12.8 Å². The van der Waals surface area contributed by atoms with Gasteiger partial charge in [0.15, 0.2) is 6.61 Å². The van der Waals surface area contributed by atoms with Crippen molar-refractivity contribution in [3.63, 3.8) is 0 Å². The fraction of sp³-hybridized carbons (Fsp3) is 0.562. The van der Waals surface area contributed by atoms with Crippen LogP contribution in [0.4, 0.5) is 23.7 Å². The van der Waals surface area contributed by atoms with Crippen molar-refractivity contribution in [2.75, 3.05) is 18.5 Å². The van der Waals surface area contributed by atoms with Gasteiger partial charge in [0, 0.05) is 12.6 Å². The lowest BCUT2D eigenvalue weighted by Gasteiger charge is -2.19. The van der Waals surface area contributed by atoms with E-state index in [9.17, 15) is 18.0 Å². The molecule has 1 atom stereocenters. The molecule has 24 heavy (non-hydrogen) atoms. The number of aryl methyl sites for hydroxylation is 1. The summed E-state index contributed by atoms with van der Waals surface area (Å²) in [7, 11) is 0. The van der Waals surface area contributed by atoms with E-state index in [1.165, 1.54) is 12.1 Å². The molecule has 1 fully saturated rings. The quantitative estimate of drug-likeness (QED) is 0.710. The Kier molecular flexibility index (Phi) is 5.93. The number of hydrogen-bond acceptors (Lipinski definition) is 3. The number of anilines is 1. The van der Waals surface area contributed by atoms with Gasteiger partial charge in [-0.25, -0.2) is 4.79 Å². The van der Waals surface area contributed by atoms with Crippen molar-refractivity contribution in [2.45, 2.75) is 38.4 Å². The summed E-state index contributed by atoms with van der Waals surface area (Å²) in [4.78, 5) is 12.1. The lowest BCUT2D eigenvalue weighted by molar-refractivity contribution is -0.153. The van der Waals surface area contributed by atoms with Crippen molar-refractivity contribution in [3.8, 4) is 5.75 Å². The summed E-state index contributed by atoms with van der Waals surface area (Å²) >= 11 is 0. The van der Waals surface area contributed by atoms with E-state index in [1.54, 1.807) is 13.0 Å². The Bertz CT molecular complexity index is 574. The molecule has 1 saturated carbocycles. The number of hydrogen-bond donors (Lipinski definition) is 3. The first-order valence-corrected chi connectivity index (χ1v) is 7.77. The van der Waals surface area contributed by atoms with Gasteiger partial charge >= 0.3 is 12.2 Å². The predicted octanol–water partition coefficient (Wildman–Crippen LogP) is 3.22. The van der Waals surface area contributed by atoms with E-state index in [4.69, 9.17) is 9.84 Å². The van der Waals surface area contributed by atoms with Crippen LogP contribution >= 0.6 is 0 Å². The van der Waals surface area contributed by atoms with Crippen molar-refractivity contribution < 1.29 is 27.8 Å². The molecule has 0 aromatic heterocycles. The second-order valence-electron chi connectivity index (χ2n) is 5.96. The highest BCUT2D eigenvalue weighted by Gasteiger charge is 2.32. The molecule has 2 rings (SSSR count). The lowest BCUT2D eigenvalue weighted by atomic mass is 10.1. The Morgan fingerprint density at radius 3 is 2.71 bits per heavy atom. The van der Waals surface area contributed by atoms with Crippen molar-refractivity contribution >= 4 is 11.7 Å². The molecule has 8 heteroatoms. The molecule has 0 unspecified atom stereocenters. The Hall–Kier alpha value is -1.96. The Labute approximate surface area is 138 Å². The second-order valence-corrected chi connectivity index (χ2v) is 5.96. The fourth-order valence-corrected chi connectivity index (χ4v) is 2.40. The number of aliphatic hydroxyl groups excluding tert-OH is 1. The van der Waals surface area contributed by atoms with Gasteiger partial charge in [-0.1, -0.05) is 6.07 Å². The number of urea groups is 1. The largest absolute Gasteiger partial charge is 0.482 e. The van der Waals surface area contributed by atoms with Crippen LogP contribution < -0.4 is 15.4 Å². The van der Waals surface area contributed by atoms with E-state index in [2.05, 4.69) is 10.6 Å². The lowest BCUT2D eigenvalue weighted by Crippen LogP contribution is -2.40. The van der Waals surface area contributed by atoms with Gasteiger partial charge in [-0.05, 0) is 49.8 Å². The van der Waals surface area contributed by atoms with Crippen molar-refractivity contribution in [1.82, 2.24) is 5.32 Å². The molecule has 0 radical (unpaired) electrons. The summed E-state index contributed by atoms with van der Waals surface area (Å²) in [5.74, 6) is 0.314. The summed E-state index contributed by atoms with van der Waals surface area (Å²) in [5.41, 5.74) is 0.884. The van der Waals surface area contributed by atoms with Crippen molar-refractivity contribution in [1.29, 1.82) is 0 Å². The number of rotatable bonds is 7. The molecule has 0 spiro atoms. The van der Waals surface area contributed by atoms with Gasteiger partial charge in [0.05, 0.1) is 5.69 Å². The van der Waals surface area contributed by atoms with E-state index >= 15 is 0 Å². The van der Waals surface area contributed by atoms with Gasteiger partial charge in [0.25, 0.3) is 0 Å². The molecule has 1 aromatic rings. The first kappa shape index (κ1) is 18.4. The molecule has 0 saturated heterocycles. The average Bonchev–Trinajstić information content (AvgIpc) is 3.31. The Balaban J connectivity index is 2.00. The normalized spacial score (nSPS) is 15.7. The van der Waals surface area contributed by atoms with Gasteiger partial charge in [0.1, 0.15) is 5.75 Å². The molecule has 1 aromatic carbocycles. The van der Waals surface area contributed by atoms with Crippen LogP contribution in [-0.2, 0) is 0 Å². The van der Waals surface area contributed by atoms with E-state index in [-0.39, 0.29) is 24.1 Å². The highest BCUT2D eigenvalue weighted by atomic mass is 19.4. The average molecular weight is 346 g/mol. The number of amides is 2. The van der Waals surface area contributed by atoms with Crippen LogP contribution in [0, 0.1) is 12.8 Å². The summed E-state index contributed by atoms with van der Waals surface area (Å²) in [6.45, 7) is 0.253. The summed E-state index contributed by atoms with van der Waals surface area (Å²) in [6.07, 6.45) is -2.02. The third kappa shape index (κ3) is 5.92. The Morgan fingerprint density at radius 2 is 2.12 bits per heavy atom. The third-order valence-electron chi connectivity index (χ3n) is 3.72. The monoisotopic (exact) mass is 346 g/mol.